The van der Waals surface area contributed by atoms with Crippen LogP contribution in [0, 0.1) is 17.7 Å². The summed E-state index contributed by atoms with van der Waals surface area (Å²) >= 11 is 0. The van der Waals surface area contributed by atoms with E-state index >= 15 is 0 Å². The quantitative estimate of drug-likeness (QED) is 0.188. The van der Waals surface area contributed by atoms with Crippen LogP contribution < -0.4 is 0 Å². The van der Waals surface area contributed by atoms with Crippen molar-refractivity contribution in [2.75, 3.05) is 32.8 Å². The molecule has 0 bridgehead atoms. The number of carbonyl (C=O) groups is 1. The first-order valence-corrected chi connectivity index (χ1v) is 16.3. The molecule has 8 heteroatoms. The average Bonchev–Trinajstić information content (AvgIpc) is 3.78. The smallest absolute Gasteiger partial charge is 0.232 e. The maximum Gasteiger partial charge on any atom is 0.232 e. The standard InChI is InChI=1S/C37H40F2N4O2/c38-28-9-6-26(7-10-28)23-35(44)43(36(34-5-1-2-18-40-34)41-30-13-11-29(39)12-14-30)20-4-3-19-42-21-16-37(17-22-42)33-15-8-27-24-31(27)32(33)25-45-37/h1-2,5-13,15,18,27,30-31H,3-4,14,16-17,19-25H2. The number of aromatic nitrogens is 1. The third-order valence-electron chi connectivity index (χ3n) is 9.95. The molecule has 7 rings (SSSR count). The topological polar surface area (TPSA) is 58.0 Å². The molecule has 1 aromatic carbocycles. The lowest BCUT2D eigenvalue weighted by molar-refractivity contribution is -0.126. The summed E-state index contributed by atoms with van der Waals surface area (Å²) in [6.07, 6.45) is 16.7. The predicted molar refractivity (Wildman–Crippen MR) is 171 cm³/mol. The number of fused-ring (bicyclic) bond motifs is 3. The Hall–Kier alpha value is -3.75. The van der Waals surface area contributed by atoms with Gasteiger partial charge in [0.05, 0.1) is 24.7 Å². The Labute approximate surface area is 263 Å². The number of pyridine rings is 1. The van der Waals surface area contributed by atoms with Crippen LogP contribution in [0.1, 0.15) is 49.8 Å². The molecule has 3 heterocycles. The van der Waals surface area contributed by atoms with Gasteiger partial charge in [-0.15, -0.1) is 0 Å². The van der Waals surface area contributed by atoms with Crippen molar-refractivity contribution in [1.29, 1.82) is 0 Å². The normalized spacial score (nSPS) is 25.2. The Bertz CT molecular complexity index is 1550. The van der Waals surface area contributed by atoms with Gasteiger partial charge in [0.2, 0.25) is 5.91 Å². The van der Waals surface area contributed by atoms with E-state index in [0.29, 0.717) is 24.5 Å². The second-order valence-electron chi connectivity index (χ2n) is 12.9. The molecule has 3 atom stereocenters. The van der Waals surface area contributed by atoms with Crippen molar-refractivity contribution in [2.24, 2.45) is 16.8 Å². The second kappa shape index (κ2) is 12.9. The van der Waals surface area contributed by atoms with Crippen LogP contribution in [0.2, 0.25) is 0 Å². The predicted octanol–water partition coefficient (Wildman–Crippen LogP) is 6.37. The number of unbranched alkanes of at least 4 members (excludes halogenated alkanes) is 1. The van der Waals surface area contributed by atoms with E-state index in [9.17, 15) is 13.6 Å². The van der Waals surface area contributed by atoms with Crippen LogP contribution in [0.4, 0.5) is 8.78 Å². The van der Waals surface area contributed by atoms with Gasteiger partial charge in [-0.1, -0.05) is 36.4 Å². The highest BCUT2D eigenvalue weighted by molar-refractivity contribution is 6.07. The van der Waals surface area contributed by atoms with E-state index in [-0.39, 0.29) is 35.6 Å². The van der Waals surface area contributed by atoms with E-state index < -0.39 is 0 Å². The van der Waals surface area contributed by atoms with Crippen molar-refractivity contribution in [3.05, 3.63) is 113 Å². The molecule has 2 fully saturated rings. The molecule has 0 radical (unpaired) electrons. The summed E-state index contributed by atoms with van der Waals surface area (Å²) in [7, 11) is 0. The molecule has 1 spiro atoms. The number of ether oxygens (including phenoxy) is 1. The lowest BCUT2D eigenvalue weighted by atomic mass is 9.80. The zero-order chi connectivity index (χ0) is 30.8. The number of hydrogen-bond acceptors (Lipinski definition) is 5. The fraction of sp³-hybridized carbons (Fsp3) is 0.432. The molecule has 6 nitrogen and oxygen atoms in total. The number of likely N-dealkylation sites (tertiary alicyclic amines) is 1. The zero-order valence-electron chi connectivity index (χ0n) is 25.6. The van der Waals surface area contributed by atoms with Crippen LogP contribution in [-0.4, -0.2) is 71.0 Å². The van der Waals surface area contributed by atoms with Crippen LogP contribution in [0.15, 0.2) is 101 Å². The van der Waals surface area contributed by atoms with Crippen molar-refractivity contribution in [1.82, 2.24) is 14.8 Å². The number of benzene rings is 1. The third kappa shape index (κ3) is 6.63. The first-order valence-electron chi connectivity index (χ1n) is 16.3. The number of piperidine rings is 1. The van der Waals surface area contributed by atoms with E-state index in [2.05, 4.69) is 22.0 Å². The molecule has 2 aromatic rings. The minimum Gasteiger partial charge on any atom is -0.366 e. The molecule has 45 heavy (non-hydrogen) atoms. The summed E-state index contributed by atoms with van der Waals surface area (Å²) in [6.45, 7) is 4.24. The van der Waals surface area contributed by atoms with Crippen LogP contribution >= 0.6 is 0 Å². The van der Waals surface area contributed by atoms with Gasteiger partial charge < -0.3 is 9.64 Å². The van der Waals surface area contributed by atoms with Gasteiger partial charge in [0.1, 0.15) is 17.3 Å². The molecule has 0 N–H and O–H groups in total. The largest absolute Gasteiger partial charge is 0.366 e. The number of hydrogen-bond donors (Lipinski definition) is 0. The van der Waals surface area contributed by atoms with Gasteiger partial charge in [-0.2, -0.15) is 0 Å². The van der Waals surface area contributed by atoms with Crippen molar-refractivity contribution in [3.8, 4) is 0 Å². The molecule has 3 aliphatic carbocycles. The summed E-state index contributed by atoms with van der Waals surface area (Å²) in [5.41, 5.74) is 4.27. The molecule has 3 unspecified atom stereocenters. The van der Waals surface area contributed by atoms with Crippen molar-refractivity contribution >= 4 is 11.7 Å². The molecule has 5 aliphatic rings. The maximum absolute atomic E-state index is 13.9. The van der Waals surface area contributed by atoms with E-state index in [0.717, 1.165) is 69.3 Å². The third-order valence-corrected chi connectivity index (χ3v) is 9.95. The van der Waals surface area contributed by atoms with E-state index in [1.54, 1.807) is 34.9 Å². The summed E-state index contributed by atoms with van der Waals surface area (Å²) in [5, 5.41) is 0. The number of carbonyl (C=O) groups excluding carboxylic acids is 1. The monoisotopic (exact) mass is 610 g/mol. The first-order chi connectivity index (χ1) is 22.0. The molecular formula is C37H40F2N4O2. The zero-order valence-corrected chi connectivity index (χ0v) is 25.6. The summed E-state index contributed by atoms with van der Waals surface area (Å²) in [5.74, 6) is 1.23. The Morgan fingerprint density at radius 2 is 1.91 bits per heavy atom. The van der Waals surface area contributed by atoms with Crippen molar-refractivity contribution in [3.63, 3.8) is 0 Å². The van der Waals surface area contributed by atoms with Crippen LogP contribution in [0.5, 0.6) is 0 Å². The van der Waals surface area contributed by atoms with Gasteiger partial charge in [0, 0.05) is 25.8 Å². The highest BCUT2D eigenvalue weighted by atomic mass is 19.1. The Morgan fingerprint density at radius 1 is 1.07 bits per heavy atom. The number of halogens is 2. The van der Waals surface area contributed by atoms with E-state index in [4.69, 9.17) is 9.73 Å². The molecule has 1 aromatic heterocycles. The maximum atomic E-state index is 13.9. The van der Waals surface area contributed by atoms with Crippen molar-refractivity contribution in [2.45, 2.75) is 56.6 Å². The fourth-order valence-electron chi connectivity index (χ4n) is 7.26. The lowest BCUT2D eigenvalue weighted by Crippen LogP contribution is -2.46. The number of aliphatic imine (C=N–C) groups is 1. The Morgan fingerprint density at radius 3 is 2.67 bits per heavy atom. The van der Waals surface area contributed by atoms with Gasteiger partial charge in [0.15, 0.2) is 5.84 Å². The van der Waals surface area contributed by atoms with E-state index in [1.807, 2.05) is 18.2 Å². The molecule has 1 saturated heterocycles. The summed E-state index contributed by atoms with van der Waals surface area (Å²) in [6, 6.07) is 11.3. The van der Waals surface area contributed by atoms with Gasteiger partial charge in [-0.3, -0.25) is 19.7 Å². The van der Waals surface area contributed by atoms with Crippen molar-refractivity contribution < 1.29 is 18.3 Å². The Kier molecular flexibility index (Phi) is 8.60. The number of allylic oxidation sites excluding steroid dienone is 3. The molecule has 2 aliphatic heterocycles. The van der Waals surface area contributed by atoms with Crippen LogP contribution in [-0.2, 0) is 16.0 Å². The first kappa shape index (κ1) is 29.9. The molecule has 1 saturated carbocycles. The highest BCUT2D eigenvalue weighted by Crippen LogP contribution is 2.55. The van der Waals surface area contributed by atoms with Gasteiger partial charge >= 0.3 is 0 Å². The summed E-state index contributed by atoms with van der Waals surface area (Å²) < 4.78 is 33.8. The lowest BCUT2D eigenvalue weighted by Gasteiger charge is -2.40. The fourth-order valence-corrected chi connectivity index (χ4v) is 7.26. The Balaban J connectivity index is 1.02. The van der Waals surface area contributed by atoms with Gasteiger partial charge in [-0.05, 0) is 110 Å². The molecule has 234 valence electrons. The average molecular weight is 611 g/mol. The minimum absolute atomic E-state index is 0.0980. The van der Waals surface area contributed by atoms with E-state index in [1.165, 1.54) is 36.3 Å². The number of amides is 1. The molecular weight excluding hydrogens is 570 g/mol. The highest BCUT2D eigenvalue weighted by Gasteiger charge is 2.51. The number of nitrogens with zero attached hydrogens (tertiary/aromatic N) is 4. The van der Waals surface area contributed by atoms with Crippen LogP contribution in [0.3, 0.4) is 0 Å². The van der Waals surface area contributed by atoms with Gasteiger partial charge in [-0.25, -0.2) is 8.78 Å². The SMILES string of the molecule is O=C(Cc1ccc(F)cc1)N(CCCCN1CCC2(CC1)OCC1=C2C=CC2CC12)C(=NC1C=CC(F)=CC1)c1ccccn1. The van der Waals surface area contributed by atoms with Crippen LogP contribution in [0.25, 0.3) is 0 Å². The summed E-state index contributed by atoms with van der Waals surface area (Å²) in [4.78, 5) is 27.6. The number of rotatable bonds is 9. The minimum atomic E-state index is -0.338. The van der Waals surface area contributed by atoms with Gasteiger partial charge in [0.25, 0.3) is 0 Å². The molecule has 1 amide bonds. The second-order valence-corrected chi connectivity index (χ2v) is 12.9. The number of amidine groups is 1.